The van der Waals surface area contributed by atoms with Gasteiger partial charge in [-0.2, -0.15) is 0 Å². The number of methoxy groups -OCH3 is 1. The highest BCUT2D eigenvalue weighted by Gasteiger charge is 2.16. The molecule has 3 aromatic rings. The van der Waals surface area contributed by atoms with E-state index in [1.54, 1.807) is 49.6 Å². The third kappa shape index (κ3) is 6.13. The summed E-state index contributed by atoms with van der Waals surface area (Å²) in [5.41, 5.74) is 0.488. The highest BCUT2D eigenvalue weighted by molar-refractivity contribution is 7.92. The zero-order chi connectivity index (χ0) is 22.3. The first-order valence-electron chi connectivity index (χ1n) is 9.31. The van der Waals surface area contributed by atoms with Gasteiger partial charge in [-0.15, -0.1) is 0 Å². The molecule has 0 atom stereocenters. The van der Waals surface area contributed by atoms with Crippen LogP contribution in [0.5, 0.6) is 11.5 Å². The van der Waals surface area contributed by atoms with Crippen LogP contribution in [0.4, 0.5) is 5.69 Å². The Balaban J connectivity index is 1.54. The monoisotopic (exact) mass is 460 g/mol. The van der Waals surface area contributed by atoms with Crippen molar-refractivity contribution < 1.29 is 22.7 Å². The van der Waals surface area contributed by atoms with E-state index in [1.165, 1.54) is 30.3 Å². The number of hydrogen-bond donors (Lipinski definition) is 2. The van der Waals surface area contributed by atoms with Gasteiger partial charge in [0, 0.05) is 0 Å². The van der Waals surface area contributed by atoms with Crippen LogP contribution in [0.3, 0.4) is 0 Å². The molecule has 0 unspecified atom stereocenters. The van der Waals surface area contributed by atoms with Crippen molar-refractivity contribution >= 4 is 33.2 Å². The molecule has 0 saturated carbocycles. The number of amides is 1. The van der Waals surface area contributed by atoms with Crippen LogP contribution in [-0.4, -0.2) is 34.6 Å². The molecule has 7 nitrogen and oxygen atoms in total. The van der Waals surface area contributed by atoms with Gasteiger partial charge in [0.15, 0.2) is 0 Å². The van der Waals surface area contributed by atoms with Gasteiger partial charge in [0.2, 0.25) is 0 Å². The smallest absolute Gasteiger partial charge is 0.261 e. The van der Waals surface area contributed by atoms with Crippen LogP contribution >= 0.6 is 11.6 Å². The number of benzene rings is 3. The lowest BCUT2D eigenvalue weighted by Gasteiger charge is -2.11. The molecule has 3 rings (SSSR count). The molecule has 162 valence electrons. The minimum absolute atomic E-state index is 0.127. The number of carbonyl (C=O) groups excluding carboxylic acids is 1. The van der Waals surface area contributed by atoms with Crippen LogP contribution in [-0.2, 0) is 10.0 Å². The third-order valence-corrected chi connectivity index (χ3v) is 5.95. The number of ether oxygens (including phenoxy) is 2. The van der Waals surface area contributed by atoms with E-state index >= 15 is 0 Å². The van der Waals surface area contributed by atoms with Crippen molar-refractivity contribution in [1.29, 1.82) is 0 Å². The molecule has 3 aromatic carbocycles. The molecule has 0 saturated heterocycles. The SMILES string of the molecule is COc1ccc(OCCNC(=O)c2ccc(NS(=O)(=O)c3ccccc3)cc2Cl)cc1. The Morgan fingerprint density at radius 2 is 1.65 bits per heavy atom. The van der Waals surface area contributed by atoms with Gasteiger partial charge in [-0.3, -0.25) is 9.52 Å². The summed E-state index contributed by atoms with van der Waals surface area (Å²) in [7, 11) is -2.16. The first-order chi connectivity index (χ1) is 14.9. The van der Waals surface area contributed by atoms with E-state index in [0.29, 0.717) is 5.75 Å². The van der Waals surface area contributed by atoms with Gasteiger partial charge in [-0.05, 0) is 54.6 Å². The van der Waals surface area contributed by atoms with E-state index in [2.05, 4.69) is 10.0 Å². The summed E-state index contributed by atoms with van der Waals surface area (Å²) >= 11 is 6.20. The summed E-state index contributed by atoms with van der Waals surface area (Å²) in [6.45, 7) is 0.536. The van der Waals surface area contributed by atoms with Crippen molar-refractivity contribution in [2.45, 2.75) is 4.90 Å². The van der Waals surface area contributed by atoms with Crippen molar-refractivity contribution in [3.05, 3.63) is 83.4 Å². The van der Waals surface area contributed by atoms with E-state index in [-0.39, 0.29) is 40.2 Å². The Bertz CT molecular complexity index is 1140. The molecule has 0 aliphatic carbocycles. The van der Waals surface area contributed by atoms with Gasteiger partial charge in [0.05, 0.1) is 34.8 Å². The minimum atomic E-state index is -3.75. The first-order valence-corrected chi connectivity index (χ1v) is 11.2. The largest absolute Gasteiger partial charge is 0.497 e. The van der Waals surface area contributed by atoms with Gasteiger partial charge in [0.1, 0.15) is 18.1 Å². The van der Waals surface area contributed by atoms with Crippen LogP contribution in [0.2, 0.25) is 5.02 Å². The zero-order valence-corrected chi connectivity index (χ0v) is 18.2. The van der Waals surface area contributed by atoms with Gasteiger partial charge >= 0.3 is 0 Å². The van der Waals surface area contributed by atoms with Crippen molar-refractivity contribution in [3.8, 4) is 11.5 Å². The van der Waals surface area contributed by atoms with E-state index in [4.69, 9.17) is 21.1 Å². The topological polar surface area (TPSA) is 93.7 Å². The summed E-state index contributed by atoms with van der Waals surface area (Å²) in [5, 5.41) is 2.84. The Morgan fingerprint density at radius 3 is 2.29 bits per heavy atom. The summed E-state index contributed by atoms with van der Waals surface area (Å²) < 4.78 is 37.9. The fraction of sp³-hybridized carbons (Fsp3) is 0.136. The van der Waals surface area contributed by atoms with Crippen molar-refractivity contribution in [2.75, 3.05) is 25.0 Å². The quantitative estimate of drug-likeness (QED) is 0.471. The van der Waals surface area contributed by atoms with Crippen molar-refractivity contribution in [3.63, 3.8) is 0 Å². The molecule has 9 heteroatoms. The first kappa shape index (κ1) is 22.5. The summed E-state index contributed by atoms with van der Waals surface area (Å²) in [4.78, 5) is 12.5. The molecule has 0 heterocycles. The average molecular weight is 461 g/mol. The highest BCUT2D eigenvalue weighted by Crippen LogP contribution is 2.23. The maximum Gasteiger partial charge on any atom is 0.261 e. The normalized spacial score (nSPS) is 10.9. The Morgan fingerprint density at radius 1 is 0.968 bits per heavy atom. The number of anilines is 1. The molecule has 31 heavy (non-hydrogen) atoms. The second kappa shape index (κ2) is 10.2. The van der Waals surface area contributed by atoms with Crippen LogP contribution < -0.4 is 19.5 Å². The van der Waals surface area contributed by atoms with Crippen molar-refractivity contribution in [2.24, 2.45) is 0 Å². The molecule has 0 aliphatic rings. The highest BCUT2D eigenvalue weighted by atomic mass is 35.5. The maximum absolute atomic E-state index is 12.4. The van der Waals surface area contributed by atoms with Gasteiger partial charge < -0.3 is 14.8 Å². The molecular weight excluding hydrogens is 440 g/mol. The molecule has 0 fully saturated rings. The molecule has 0 spiro atoms. The van der Waals surface area contributed by atoms with Crippen molar-refractivity contribution in [1.82, 2.24) is 5.32 Å². The number of nitrogens with one attached hydrogen (secondary N) is 2. The second-order valence-corrected chi connectivity index (χ2v) is 8.48. The van der Waals surface area contributed by atoms with Crippen LogP contribution in [0.1, 0.15) is 10.4 Å². The van der Waals surface area contributed by atoms with Gasteiger partial charge in [0.25, 0.3) is 15.9 Å². The number of rotatable bonds is 9. The zero-order valence-electron chi connectivity index (χ0n) is 16.7. The predicted octanol–water partition coefficient (Wildman–Crippen LogP) is 3.96. The van der Waals surface area contributed by atoms with Crippen LogP contribution in [0.15, 0.2) is 77.7 Å². The molecular formula is C22H21ClN2O5S. The molecule has 0 radical (unpaired) electrons. The van der Waals surface area contributed by atoms with Crippen LogP contribution in [0.25, 0.3) is 0 Å². The summed E-state index contributed by atoms with van der Waals surface area (Å²) in [6.07, 6.45) is 0. The Hall–Kier alpha value is -3.23. The number of halogens is 1. The lowest BCUT2D eigenvalue weighted by atomic mass is 10.2. The molecule has 0 aromatic heterocycles. The van der Waals surface area contributed by atoms with Gasteiger partial charge in [-0.25, -0.2) is 8.42 Å². The second-order valence-electron chi connectivity index (χ2n) is 6.39. The van der Waals surface area contributed by atoms with E-state index in [9.17, 15) is 13.2 Å². The summed E-state index contributed by atoms with van der Waals surface area (Å²) in [6, 6.07) is 19.4. The number of sulfonamides is 1. The Labute approximate surface area is 186 Å². The van der Waals surface area contributed by atoms with E-state index < -0.39 is 10.0 Å². The molecule has 1 amide bonds. The molecule has 0 bridgehead atoms. The molecule has 0 aliphatic heterocycles. The average Bonchev–Trinajstić information content (AvgIpc) is 2.77. The lowest BCUT2D eigenvalue weighted by Crippen LogP contribution is -2.28. The maximum atomic E-state index is 12.4. The third-order valence-electron chi connectivity index (χ3n) is 4.24. The Kier molecular flexibility index (Phi) is 7.38. The summed E-state index contributed by atoms with van der Waals surface area (Å²) in [5.74, 6) is 0.994. The lowest BCUT2D eigenvalue weighted by molar-refractivity contribution is 0.0947. The van der Waals surface area contributed by atoms with Gasteiger partial charge in [-0.1, -0.05) is 29.8 Å². The van der Waals surface area contributed by atoms with Crippen LogP contribution in [0, 0.1) is 0 Å². The number of carbonyl (C=O) groups is 1. The molecule has 2 N–H and O–H groups in total. The predicted molar refractivity (Wildman–Crippen MR) is 120 cm³/mol. The fourth-order valence-electron chi connectivity index (χ4n) is 2.68. The minimum Gasteiger partial charge on any atom is -0.497 e. The standard InChI is InChI=1S/C22H21ClN2O5S/c1-29-17-8-10-18(11-9-17)30-14-13-24-22(26)20-12-7-16(15-21(20)23)25-31(27,28)19-5-3-2-4-6-19/h2-12,15,25H,13-14H2,1H3,(H,24,26). The number of hydrogen-bond acceptors (Lipinski definition) is 5. The van der Waals surface area contributed by atoms with E-state index in [0.717, 1.165) is 5.75 Å². The van der Waals surface area contributed by atoms with E-state index in [1.807, 2.05) is 0 Å². The fourth-order valence-corrected chi connectivity index (χ4v) is 4.01.